The zero-order valence-electron chi connectivity index (χ0n) is 14.5. The van der Waals surface area contributed by atoms with E-state index in [2.05, 4.69) is 10.6 Å². The van der Waals surface area contributed by atoms with Crippen molar-refractivity contribution in [3.8, 4) is 0 Å². The lowest BCUT2D eigenvalue weighted by Crippen LogP contribution is -2.49. The number of primary sulfonamides is 1. The predicted molar refractivity (Wildman–Crippen MR) is 95.5 cm³/mol. The van der Waals surface area contributed by atoms with Gasteiger partial charge in [-0.3, -0.25) is 4.79 Å². The summed E-state index contributed by atoms with van der Waals surface area (Å²) >= 11 is 0. The van der Waals surface area contributed by atoms with Gasteiger partial charge >= 0.3 is 6.03 Å². The van der Waals surface area contributed by atoms with E-state index in [4.69, 9.17) is 5.14 Å². The van der Waals surface area contributed by atoms with Gasteiger partial charge in [-0.05, 0) is 43.4 Å². The average molecular weight is 380 g/mol. The van der Waals surface area contributed by atoms with Crippen molar-refractivity contribution < 1.29 is 18.0 Å². The molecule has 3 rings (SSSR count). The molecule has 142 valence electrons. The highest BCUT2D eigenvalue weighted by molar-refractivity contribution is 7.89. The van der Waals surface area contributed by atoms with Crippen LogP contribution in [0.1, 0.15) is 31.2 Å². The normalized spacial score (nSPS) is 20.5. The third-order valence-corrected chi connectivity index (χ3v) is 5.63. The first kappa shape index (κ1) is 18.7. The topological polar surface area (TPSA) is 122 Å². The lowest BCUT2D eigenvalue weighted by Gasteiger charge is -2.32. The molecule has 9 heteroatoms. The molecule has 3 amide bonds. The molecule has 1 heterocycles. The highest BCUT2D eigenvalue weighted by Gasteiger charge is 2.31. The molecule has 8 nitrogen and oxygen atoms in total. The number of piperidine rings is 1. The van der Waals surface area contributed by atoms with Crippen LogP contribution in [0, 0.1) is 5.92 Å². The van der Waals surface area contributed by atoms with Crippen molar-refractivity contribution in [2.45, 2.75) is 43.2 Å². The third kappa shape index (κ3) is 4.95. The number of sulfonamides is 1. The molecule has 0 aromatic heterocycles. The maximum atomic E-state index is 12.4. The summed E-state index contributed by atoms with van der Waals surface area (Å²) in [4.78, 5) is 26.3. The Morgan fingerprint density at radius 2 is 1.85 bits per heavy atom. The third-order valence-electron chi connectivity index (χ3n) is 4.70. The first-order chi connectivity index (χ1) is 12.3. The molecule has 26 heavy (non-hydrogen) atoms. The molecule has 0 bridgehead atoms. The van der Waals surface area contributed by atoms with E-state index < -0.39 is 10.0 Å². The molecule has 2 fully saturated rings. The van der Waals surface area contributed by atoms with Crippen LogP contribution in [0.5, 0.6) is 0 Å². The number of hydrogen-bond acceptors (Lipinski definition) is 4. The molecule has 1 unspecified atom stereocenters. The van der Waals surface area contributed by atoms with Gasteiger partial charge in [0, 0.05) is 25.7 Å². The Balaban J connectivity index is 1.50. The fraction of sp³-hybridized carbons (Fsp3) is 0.529. The number of carbonyl (C=O) groups is 2. The number of hydrogen-bond donors (Lipinski definition) is 3. The summed E-state index contributed by atoms with van der Waals surface area (Å²) in [6.45, 7) is 1.40. The number of nitrogens with one attached hydrogen (secondary N) is 2. The van der Waals surface area contributed by atoms with Crippen molar-refractivity contribution in [2.24, 2.45) is 11.1 Å². The molecule has 1 aliphatic heterocycles. The van der Waals surface area contributed by atoms with Gasteiger partial charge < -0.3 is 15.5 Å². The average Bonchev–Trinajstić information content (AvgIpc) is 3.43. The number of nitrogens with zero attached hydrogens (tertiary/aromatic N) is 1. The van der Waals surface area contributed by atoms with Gasteiger partial charge in [0.2, 0.25) is 15.9 Å². The zero-order chi connectivity index (χ0) is 18.7. The van der Waals surface area contributed by atoms with Gasteiger partial charge in [-0.2, -0.15) is 0 Å². The minimum absolute atomic E-state index is 0.0390. The Labute approximate surface area is 153 Å². The molecule has 0 radical (unpaired) electrons. The molecule has 1 aromatic carbocycles. The van der Waals surface area contributed by atoms with Gasteiger partial charge in [-0.1, -0.05) is 12.1 Å². The van der Waals surface area contributed by atoms with Crippen LogP contribution in [0.15, 0.2) is 29.2 Å². The largest absolute Gasteiger partial charge is 0.352 e. The van der Waals surface area contributed by atoms with Crippen molar-refractivity contribution in [2.75, 3.05) is 13.1 Å². The van der Waals surface area contributed by atoms with Crippen LogP contribution in [0.4, 0.5) is 4.79 Å². The molecular formula is C17H24N4O4S. The van der Waals surface area contributed by atoms with E-state index in [1.54, 1.807) is 17.0 Å². The van der Waals surface area contributed by atoms with Crippen molar-refractivity contribution >= 4 is 22.0 Å². The van der Waals surface area contributed by atoms with Gasteiger partial charge in [0.05, 0.1) is 10.8 Å². The number of amides is 3. The van der Waals surface area contributed by atoms with Crippen molar-refractivity contribution in [1.82, 2.24) is 15.5 Å². The second-order valence-corrected chi connectivity index (χ2v) is 8.48. The van der Waals surface area contributed by atoms with Crippen LogP contribution in [-0.4, -0.2) is 44.4 Å². The van der Waals surface area contributed by atoms with Gasteiger partial charge in [-0.15, -0.1) is 0 Å². The minimum Gasteiger partial charge on any atom is -0.352 e. The van der Waals surface area contributed by atoms with E-state index in [1.165, 1.54) is 12.1 Å². The van der Waals surface area contributed by atoms with E-state index in [1.807, 2.05) is 0 Å². The molecule has 4 N–H and O–H groups in total. The molecule has 1 atom stereocenters. The number of likely N-dealkylation sites (tertiary alicyclic amines) is 1. The van der Waals surface area contributed by atoms with E-state index in [-0.39, 0.29) is 22.8 Å². The van der Waals surface area contributed by atoms with Crippen LogP contribution in [0.3, 0.4) is 0 Å². The van der Waals surface area contributed by atoms with E-state index in [0.717, 1.165) is 31.2 Å². The van der Waals surface area contributed by atoms with E-state index >= 15 is 0 Å². The smallest absolute Gasteiger partial charge is 0.317 e. The number of urea groups is 1. The summed E-state index contributed by atoms with van der Waals surface area (Å²) in [5, 5.41) is 10.9. The van der Waals surface area contributed by atoms with Gasteiger partial charge in [0.1, 0.15) is 0 Å². The second-order valence-electron chi connectivity index (χ2n) is 6.92. The van der Waals surface area contributed by atoms with Crippen LogP contribution in [0.2, 0.25) is 0 Å². The number of rotatable bonds is 5. The quantitative estimate of drug-likeness (QED) is 0.690. The first-order valence-electron chi connectivity index (χ1n) is 8.78. The Kier molecular flexibility index (Phi) is 5.47. The summed E-state index contributed by atoms with van der Waals surface area (Å²) in [6.07, 6.45) is 3.63. The van der Waals surface area contributed by atoms with Gasteiger partial charge in [0.15, 0.2) is 0 Å². The predicted octanol–water partition coefficient (Wildman–Crippen LogP) is 0.534. The summed E-state index contributed by atoms with van der Waals surface area (Å²) in [6, 6.07) is 6.30. The van der Waals surface area contributed by atoms with Gasteiger partial charge in [-0.25, -0.2) is 18.4 Å². The Morgan fingerprint density at radius 3 is 2.46 bits per heavy atom. The molecule has 1 saturated carbocycles. The Hall–Kier alpha value is -2.13. The molecular weight excluding hydrogens is 356 g/mol. The van der Waals surface area contributed by atoms with Crippen LogP contribution >= 0.6 is 0 Å². The van der Waals surface area contributed by atoms with Crippen molar-refractivity contribution in [3.63, 3.8) is 0 Å². The van der Waals surface area contributed by atoms with E-state index in [9.17, 15) is 18.0 Å². The standard InChI is InChI=1S/C17H24N4O4S/c18-26(24,25)15-7-3-12(4-8-15)10-19-16(22)13-2-1-9-21(11-13)17(23)20-14-5-6-14/h3-4,7-8,13-14H,1-2,5-6,9-11H2,(H,19,22)(H,20,23)(H2,18,24,25). The molecule has 1 aromatic rings. The lowest BCUT2D eigenvalue weighted by atomic mass is 9.97. The Morgan fingerprint density at radius 1 is 1.15 bits per heavy atom. The number of benzene rings is 1. The maximum Gasteiger partial charge on any atom is 0.317 e. The molecule has 1 saturated heterocycles. The van der Waals surface area contributed by atoms with Crippen LogP contribution < -0.4 is 15.8 Å². The number of nitrogens with two attached hydrogens (primary N) is 1. The van der Waals surface area contributed by atoms with Crippen molar-refractivity contribution in [1.29, 1.82) is 0 Å². The lowest BCUT2D eigenvalue weighted by molar-refractivity contribution is -0.126. The van der Waals surface area contributed by atoms with Crippen molar-refractivity contribution in [3.05, 3.63) is 29.8 Å². The van der Waals surface area contributed by atoms with Crippen LogP contribution in [-0.2, 0) is 21.4 Å². The van der Waals surface area contributed by atoms with Gasteiger partial charge in [0.25, 0.3) is 0 Å². The second kappa shape index (κ2) is 7.63. The highest BCUT2D eigenvalue weighted by Crippen LogP contribution is 2.21. The molecule has 1 aliphatic carbocycles. The molecule has 0 spiro atoms. The fourth-order valence-corrected chi connectivity index (χ4v) is 3.52. The minimum atomic E-state index is -3.72. The summed E-state index contributed by atoms with van der Waals surface area (Å²) in [5.41, 5.74) is 0.782. The fourth-order valence-electron chi connectivity index (χ4n) is 3.00. The summed E-state index contributed by atoms with van der Waals surface area (Å²) in [7, 11) is -3.72. The van der Waals surface area contributed by atoms with E-state index in [0.29, 0.717) is 25.7 Å². The number of carbonyl (C=O) groups excluding carboxylic acids is 2. The maximum absolute atomic E-state index is 12.4. The summed E-state index contributed by atoms with van der Waals surface area (Å²) in [5.74, 6) is -0.318. The molecule has 2 aliphatic rings. The highest BCUT2D eigenvalue weighted by atomic mass is 32.2. The first-order valence-corrected chi connectivity index (χ1v) is 10.3. The SMILES string of the molecule is NS(=O)(=O)c1ccc(CNC(=O)C2CCCN(C(=O)NC3CC3)C2)cc1. The Bertz CT molecular complexity index is 774. The zero-order valence-corrected chi connectivity index (χ0v) is 15.3. The monoisotopic (exact) mass is 380 g/mol. The van der Waals surface area contributed by atoms with Crippen LogP contribution in [0.25, 0.3) is 0 Å². The summed E-state index contributed by atoms with van der Waals surface area (Å²) < 4.78 is 22.5.